The highest BCUT2D eigenvalue weighted by molar-refractivity contribution is 4.96. The van der Waals surface area contributed by atoms with E-state index in [1.807, 2.05) is 6.08 Å². The molecule has 5 atom stereocenters. The summed E-state index contributed by atoms with van der Waals surface area (Å²) in [5, 5.41) is 0. The van der Waals surface area contributed by atoms with E-state index in [4.69, 9.17) is 5.73 Å². The summed E-state index contributed by atoms with van der Waals surface area (Å²) in [5.41, 5.74) is 5.16. The Balaban J connectivity index is 5.36. The molecule has 0 amide bonds. The van der Waals surface area contributed by atoms with Gasteiger partial charge >= 0.3 is 0 Å². The van der Waals surface area contributed by atoms with Gasteiger partial charge < -0.3 is 5.73 Å². The summed E-state index contributed by atoms with van der Waals surface area (Å²) >= 11 is 0. The molecule has 0 saturated heterocycles. The zero-order valence-corrected chi connectivity index (χ0v) is 16.0. The monoisotopic (exact) mass is 313 g/mol. The molecule has 0 aliphatic heterocycles. The van der Waals surface area contributed by atoms with Crippen LogP contribution in [0.1, 0.15) is 74.1 Å². The second-order valence-electron chi connectivity index (χ2n) is 8.07. The smallest absolute Gasteiger partial charge is 0.108 e. The van der Waals surface area contributed by atoms with Crippen LogP contribution in [0.5, 0.6) is 0 Å². The topological polar surface area (TPSA) is 26.0 Å². The summed E-state index contributed by atoms with van der Waals surface area (Å²) < 4.78 is 15.0. The van der Waals surface area contributed by atoms with E-state index in [9.17, 15) is 4.39 Å². The fraction of sp³-hybridized carbons (Fsp3) is 0.900. The van der Waals surface area contributed by atoms with Crippen molar-refractivity contribution in [2.45, 2.75) is 85.9 Å². The van der Waals surface area contributed by atoms with Crippen molar-refractivity contribution in [3.63, 3.8) is 0 Å². The Morgan fingerprint density at radius 3 is 1.95 bits per heavy atom. The first-order valence-electron chi connectivity index (χ1n) is 9.15. The predicted octanol–water partition coefficient (Wildman–Crippen LogP) is 5.99. The molecule has 0 saturated carbocycles. The quantitative estimate of drug-likeness (QED) is 0.466. The van der Waals surface area contributed by atoms with Crippen molar-refractivity contribution in [1.29, 1.82) is 0 Å². The first-order valence-corrected chi connectivity index (χ1v) is 9.15. The highest BCUT2D eigenvalue weighted by atomic mass is 19.1. The molecule has 5 unspecified atom stereocenters. The van der Waals surface area contributed by atoms with Crippen molar-refractivity contribution in [2.75, 3.05) is 0 Å². The van der Waals surface area contributed by atoms with E-state index in [0.29, 0.717) is 17.8 Å². The average Bonchev–Trinajstić information content (AvgIpc) is 2.42. The number of alkyl halides is 1. The zero-order chi connectivity index (χ0) is 17.5. The minimum Gasteiger partial charge on any atom is -0.327 e. The molecule has 0 bridgehead atoms. The van der Waals surface area contributed by atoms with Crippen LogP contribution in [-0.4, -0.2) is 11.7 Å². The molecule has 22 heavy (non-hydrogen) atoms. The van der Waals surface area contributed by atoms with Crippen LogP contribution < -0.4 is 5.73 Å². The van der Waals surface area contributed by atoms with Crippen LogP contribution in [0.15, 0.2) is 12.7 Å². The van der Waals surface area contributed by atoms with Crippen LogP contribution >= 0.6 is 0 Å². The van der Waals surface area contributed by atoms with Crippen molar-refractivity contribution < 1.29 is 4.39 Å². The summed E-state index contributed by atoms with van der Waals surface area (Å²) in [5.74, 6) is 1.63. The van der Waals surface area contributed by atoms with Crippen LogP contribution in [0.25, 0.3) is 0 Å². The molecule has 0 fully saturated rings. The summed E-state index contributed by atoms with van der Waals surface area (Å²) in [6.45, 7) is 18.4. The number of allylic oxidation sites excluding steroid dienone is 1. The molecule has 0 aromatic heterocycles. The molecule has 0 heterocycles. The van der Waals surface area contributed by atoms with Gasteiger partial charge in [0.2, 0.25) is 0 Å². The lowest BCUT2D eigenvalue weighted by Gasteiger charge is -2.39. The van der Waals surface area contributed by atoms with Crippen LogP contribution in [0.3, 0.4) is 0 Å². The minimum atomic E-state index is -1.20. The van der Waals surface area contributed by atoms with E-state index in [1.165, 1.54) is 0 Å². The van der Waals surface area contributed by atoms with E-state index in [0.717, 1.165) is 25.7 Å². The highest BCUT2D eigenvalue weighted by Gasteiger charge is 2.38. The maximum absolute atomic E-state index is 15.0. The van der Waals surface area contributed by atoms with Gasteiger partial charge in [-0.15, -0.1) is 6.58 Å². The fourth-order valence-corrected chi connectivity index (χ4v) is 3.67. The number of hydrogen-bond acceptors (Lipinski definition) is 1. The summed E-state index contributed by atoms with van der Waals surface area (Å²) in [6, 6.07) is 0.162. The fourth-order valence-electron chi connectivity index (χ4n) is 3.67. The third-order valence-electron chi connectivity index (χ3n) is 5.33. The van der Waals surface area contributed by atoms with Crippen molar-refractivity contribution >= 4 is 0 Å². The van der Waals surface area contributed by atoms with Crippen LogP contribution in [0.4, 0.5) is 4.39 Å². The Bertz CT molecular complexity index is 305. The standard InChI is InChI=1S/C20H40FN/c1-9-15(6)17(10-2)18(20(7,8)21)13-16(12-14(4)5)19(22)11-3/h10,14-19H,2,9,11-13,22H2,1,3-8H3. The van der Waals surface area contributed by atoms with Gasteiger partial charge in [-0.25, -0.2) is 4.39 Å². The van der Waals surface area contributed by atoms with Gasteiger partial charge in [-0.1, -0.05) is 47.1 Å². The van der Waals surface area contributed by atoms with Crippen molar-refractivity contribution in [3.8, 4) is 0 Å². The van der Waals surface area contributed by atoms with Crippen molar-refractivity contribution in [1.82, 2.24) is 0 Å². The van der Waals surface area contributed by atoms with Gasteiger partial charge in [0, 0.05) is 6.04 Å². The third-order valence-corrected chi connectivity index (χ3v) is 5.33. The maximum atomic E-state index is 15.0. The van der Waals surface area contributed by atoms with Gasteiger partial charge in [0.15, 0.2) is 0 Å². The summed E-state index contributed by atoms with van der Waals surface area (Å²) in [6.07, 6.45) is 5.92. The molecule has 1 nitrogen and oxygen atoms in total. The largest absolute Gasteiger partial charge is 0.327 e. The van der Waals surface area contributed by atoms with E-state index < -0.39 is 5.67 Å². The van der Waals surface area contributed by atoms with Gasteiger partial charge in [0.25, 0.3) is 0 Å². The Morgan fingerprint density at radius 2 is 1.64 bits per heavy atom. The number of halogens is 1. The number of hydrogen-bond donors (Lipinski definition) is 1. The number of rotatable bonds is 11. The lowest BCUT2D eigenvalue weighted by molar-refractivity contribution is 0.0483. The van der Waals surface area contributed by atoms with Crippen LogP contribution in [0, 0.1) is 29.6 Å². The van der Waals surface area contributed by atoms with Gasteiger partial charge in [-0.05, 0) is 62.7 Å². The molecular formula is C20H40FN. The minimum absolute atomic E-state index is 0.0127. The lowest BCUT2D eigenvalue weighted by Crippen LogP contribution is -2.40. The SMILES string of the molecule is C=CC(C(C)CC)C(CC(CC(C)C)C(N)CC)C(C)(C)F. The van der Waals surface area contributed by atoms with E-state index in [1.54, 1.807) is 13.8 Å². The first-order chi connectivity index (χ1) is 10.1. The molecule has 0 aliphatic carbocycles. The molecule has 2 N–H and O–H groups in total. The summed E-state index contributed by atoms with van der Waals surface area (Å²) in [4.78, 5) is 0. The average molecular weight is 314 g/mol. The lowest BCUT2D eigenvalue weighted by atomic mass is 9.68. The molecule has 0 spiro atoms. The van der Waals surface area contributed by atoms with Crippen molar-refractivity contribution in [3.05, 3.63) is 12.7 Å². The molecule has 0 aromatic rings. The Hall–Kier alpha value is -0.370. The van der Waals surface area contributed by atoms with Gasteiger partial charge in [0.1, 0.15) is 5.67 Å². The molecule has 132 valence electrons. The van der Waals surface area contributed by atoms with Crippen LogP contribution in [-0.2, 0) is 0 Å². The zero-order valence-electron chi connectivity index (χ0n) is 16.0. The van der Waals surface area contributed by atoms with Gasteiger partial charge in [0.05, 0.1) is 0 Å². The molecule has 0 radical (unpaired) electrons. The molecule has 0 aromatic carbocycles. The summed E-state index contributed by atoms with van der Waals surface area (Å²) in [7, 11) is 0. The molecule has 0 rings (SSSR count). The second kappa shape index (κ2) is 9.70. The molecule has 0 aliphatic rings. The predicted molar refractivity (Wildman–Crippen MR) is 97.6 cm³/mol. The normalized spacial score (nSPS) is 19.5. The number of nitrogens with two attached hydrogens (primary N) is 1. The Labute approximate surface area is 138 Å². The second-order valence-corrected chi connectivity index (χ2v) is 8.07. The van der Waals surface area contributed by atoms with Crippen LogP contribution in [0.2, 0.25) is 0 Å². The Kier molecular flexibility index (Phi) is 9.54. The highest BCUT2D eigenvalue weighted by Crippen LogP contribution is 2.40. The van der Waals surface area contributed by atoms with E-state index >= 15 is 0 Å². The first kappa shape index (κ1) is 21.6. The molecule has 2 heteroatoms. The van der Waals surface area contributed by atoms with E-state index in [2.05, 4.69) is 41.2 Å². The van der Waals surface area contributed by atoms with E-state index in [-0.39, 0.29) is 17.9 Å². The third kappa shape index (κ3) is 6.81. The van der Waals surface area contributed by atoms with Gasteiger partial charge in [-0.3, -0.25) is 0 Å². The van der Waals surface area contributed by atoms with Crippen molar-refractivity contribution in [2.24, 2.45) is 35.3 Å². The Morgan fingerprint density at radius 1 is 1.09 bits per heavy atom. The molecular weight excluding hydrogens is 273 g/mol. The van der Waals surface area contributed by atoms with Gasteiger partial charge in [-0.2, -0.15) is 0 Å². The maximum Gasteiger partial charge on any atom is 0.108 e.